The van der Waals surface area contributed by atoms with Gasteiger partial charge in [-0.2, -0.15) is 5.11 Å². The van der Waals surface area contributed by atoms with Crippen LogP contribution in [0.25, 0.3) is 0 Å². The summed E-state index contributed by atoms with van der Waals surface area (Å²) in [5.74, 6) is 0.316. The summed E-state index contributed by atoms with van der Waals surface area (Å²) in [6.45, 7) is 1.90. The van der Waals surface area contributed by atoms with Crippen LogP contribution in [0.5, 0.6) is 0 Å². The second-order valence-electron chi connectivity index (χ2n) is 3.44. The maximum Gasteiger partial charge on any atom is 0.167 e. The zero-order valence-corrected chi connectivity index (χ0v) is 7.94. The molecule has 1 atom stereocenters. The van der Waals surface area contributed by atoms with Crippen LogP contribution in [0.1, 0.15) is 12.5 Å². The van der Waals surface area contributed by atoms with Gasteiger partial charge in [0.1, 0.15) is 5.54 Å². The molecule has 0 fully saturated rings. The van der Waals surface area contributed by atoms with E-state index < -0.39 is 5.54 Å². The van der Waals surface area contributed by atoms with E-state index in [9.17, 15) is 0 Å². The quantitative estimate of drug-likeness (QED) is 0.699. The fourth-order valence-corrected chi connectivity index (χ4v) is 1.49. The van der Waals surface area contributed by atoms with Crippen LogP contribution in [0, 0.1) is 0 Å². The number of nitrogens with two attached hydrogens (primary N) is 2. The highest BCUT2D eigenvalue weighted by atomic mass is 15.2. The minimum Gasteiger partial charge on any atom is -0.397 e. The van der Waals surface area contributed by atoms with E-state index in [-0.39, 0.29) is 0 Å². The summed E-state index contributed by atoms with van der Waals surface area (Å²) in [5.41, 5.74) is 12.4. The summed E-state index contributed by atoms with van der Waals surface area (Å²) in [6.07, 6.45) is 0. The van der Waals surface area contributed by atoms with E-state index in [1.54, 1.807) is 0 Å². The first-order valence-corrected chi connectivity index (χ1v) is 4.39. The number of azo groups is 1. The predicted octanol–water partition coefficient (Wildman–Crippen LogP) is 1.45. The minimum atomic E-state index is -0.592. The molecule has 0 saturated heterocycles. The first-order valence-electron chi connectivity index (χ1n) is 4.39. The third-order valence-corrected chi connectivity index (χ3v) is 2.49. The van der Waals surface area contributed by atoms with Crippen molar-refractivity contribution in [1.82, 2.24) is 0 Å². The van der Waals surface area contributed by atoms with Crippen LogP contribution in [0.2, 0.25) is 0 Å². The van der Waals surface area contributed by atoms with Crippen molar-refractivity contribution in [2.45, 2.75) is 12.5 Å². The van der Waals surface area contributed by atoms with Gasteiger partial charge in [-0.1, -0.05) is 30.3 Å². The van der Waals surface area contributed by atoms with E-state index >= 15 is 0 Å². The zero-order chi connectivity index (χ0) is 10.2. The van der Waals surface area contributed by atoms with Crippen LogP contribution in [0.4, 0.5) is 0 Å². The predicted molar refractivity (Wildman–Crippen MR) is 54.1 cm³/mol. The van der Waals surface area contributed by atoms with Crippen molar-refractivity contribution in [3.05, 3.63) is 47.4 Å². The van der Waals surface area contributed by atoms with Gasteiger partial charge in [-0.15, -0.1) is 5.11 Å². The van der Waals surface area contributed by atoms with Crippen LogP contribution < -0.4 is 11.5 Å². The van der Waals surface area contributed by atoms with Crippen LogP contribution in [0.15, 0.2) is 52.1 Å². The standard InChI is InChI=1S/C10H12N4/c1-10(7-5-3-2-4-6-7)8(11)9(12)13-14-10/h2-6H,11-12H2,1H3. The van der Waals surface area contributed by atoms with Gasteiger partial charge < -0.3 is 11.5 Å². The molecule has 72 valence electrons. The molecule has 1 aromatic carbocycles. The van der Waals surface area contributed by atoms with Crippen molar-refractivity contribution < 1.29 is 0 Å². The zero-order valence-electron chi connectivity index (χ0n) is 7.94. The van der Waals surface area contributed by atoms with Gasteiger partial charge in [0, 0.05) is 0 Å². The van der Waals surface area contributed by atoms with E-state index in [1.807, 2.05) is 37.3 Å². The van der Waals surface area contributed by atoms with Crippen molar-refractivity contribution in [3.63, 3.8) is 0 Å². The van der Waals surface area contributed by atoms with E-state index in [0.717, 1.165) is 5.56 Å². The van der Waals surface area contributed by atoms with Crippen molar-refractivity contribution in [2.75, 3.05) is 0 Å². The third-order valence-electron chi connectivity index (χ3n) is 2.49. The Morgan fingerprint density at radius 2 is 1.79 bits per heavy atom. The fraction of sp³-hybridized carbons (Fsp3) is 0.200. The molecule has 2 rings (SSSR count). The Labute approximate surface area is 82.3 Å². The second-order valence-corrected chi connectivity index (χ2v) is 3.44. The summed E-state index contributed by atoms with van der Waals surface area (Å²) in [7, 11) is 0. The molecule has 4 heteroatoms. The van der Waals surface area contributed by atoms with Crippen molar-refractivity contribution in [3.8, 4) is 0 Å². The topological polar surface area (TPSA) is 76.8 Å². The van der Waals surface area contributed by atoms with Crippen molar-refractivity contribution in [1.29, 1.82) is 0 Å². The lowest BCUT2D eigenvalue weighted by molar-refractivity contribution is 0.578. The Balaban J connectivity index is 2.51. The Hall–Kier alpha value is -1.84. The molecular weight excluding hydrogens is 176 g/mol. The molecule has 0 aliphatic carbocycles. The number of hydrogen-bond acceptors (Lipinski definition) is 4. The molecule has 0 saturated carbocycles. The SMILES string of the molecule is CC1(c2ccccc2)N=NC(N)=C1N. The lowest BCUT2D eigenvalue weighted by Gasteiger charge is -2.20. The van der Waals surface area contributed by atoms with Crippen molar-refractivity contribution >= 4 is 0 Å². The Morgan fingerprint density at radius 1 is 1.14 bits per heavy atom. The number of nitrogens with zero attached hydrogens (tertiary/aromatic N) is 2. The largest absolute Gasteiger partial charge is 0.397 e. The Morgan fingerprint density at radius 3 is 2.29 bits per heavy atom. The normalized spacial score (nSPS) is 25.8. The first-order chi connectivity index (χ1) is 6.64. The summed E-state index contributed by atoms with van der Waals surface area (Å²) in [4.78, 5) is 0. The summed E-state index contributed by atoms with van der Waals surface area (Å²) < 4.78 is 0. The molecule has 0 aromatic heterocycles. The van der Waals surface area contributed by atoms with Crippen molar-refractivity contribution in [2.24, 2.45) is 21.7 Å². The van der Waals surface area contributed by atoms with Gasteiger partial charge in [-0.25, -0.2) is 0 Å². The summed E-state index contributed by atoms with van der Waals surface area (Å²) >= 11 is 0. The molecule has 0 bridgehead atoms. The molecule has 14 heavy (non-hydrogen) atoms. The summed E-state index contributed by atoms with van der Waals surface area (Å²) in [5, 5.41) is 7.90. The maximum atomic E-state index is 5.86. The Bertz CT molecular complexity index is 407. The molecule has 1 aliphatic heterocycles. The van der Waals surface area contributed by atoms with Gasteiger partial charge in [0.25, 0.3) is 0 Å². The van der Waals surface area contributed by atoms with Crippen LogP contribution in [-0.4, -0.2) is 0 Å². The highest BCUT2D eigenvalue weighted by Gasteiger charge is 2.35. The highest BCUT2D eigenvalue weighted by Crippen LogP contribution is 2.36. The maximum absolute atomic E-state index is 5.86. The van der Waals surface area contributed by atoms with Gasteiger partial charge in [-0.3, -0.25) is 0 Å². The highest BCUT2D eigenvalue weighted by molar-refractivity contribution is 5.36. The second kappa shape index (κ2) is 2.83. The smallest absolute Gasteiger partial charge is 0.167 e. The monoisotopic (exact) mass is 188 g/mol. The molecule has 1 heterocycles. The molecule has 0 amide bonds. The van der Waals surface area contributed by atoms with E-state index in [4.69, 9.17) is 11.5 Å². The lowest BCUT2D eigenvalue weighted by Crippen LogP contribution is -2.26. The molecule has 0 radical (unpaired) electrons. The molecule has 0 spiro atoms. The molecular formula is C10H12N4. The van der Waals surface area contributed by atoms with Crippen LogP contribution in [-0.2, 0) is 5.54 Å². The molecule has 1 aromatic rings. The molecule has 4 N–H and O–H groups in total. The summed E-state index contributed by atoms with van der Waals surface area (Å²) in [6, 6.07) is 9.76. The van der Waals surface area contributed by atoms with Gasteiger partial charge >= 0.3 is 0 Å². The van der Waals surface area contributed by atoms with Crippen LogP contribution in [0.3, 0.4) is 0 Å². The fourth-order valence-electron chi connectivity index (χ4n) is 1.49. The Kier molecular flexibility index (Phi) is 1.77. The number of benzene rings is 1. The number of rotatable bonds is 1. The lowest BCUT2D eigenvalue weighted by atomic mass is 9.90. The molecule has 4 nitrogen and oxygen atoms in total. The number of hydrogen-bond donors (Lipinski definition) is 2. The van der Waals surface area contributed by atoms with E-state index in [2.05, 4.69) is 10.2 Å². The molecule has 1 aliphatic rings. The molecule has 1 unspecified atom stereocenters. The average Bonchev–Trinajstić information content (AvgIpc) is 2.49. The van der Waals surface area contributed by atoms with Gasteiger partial charge in [-0.05, 0) is 12.5 Å². The first kappa shape index (κ1) is 8.74. The van der Waals surface area contributed by atoms with Crippen LogP contribution >= 0.6 is 0 Å². The van der Waals surface area contributed by atoms with Gasteiger partial charge in [0.2, 0.25) is 0 Å². The van der Waals surface area contributed by atoms with E-state index in [1.165, 1.54) is 0 Å². The third kappa shape index (κ3) is 1.08. The average molecular weight is 188 g/mol. The van der Waals surface area contributed by atoms with Gasteiger partial charge in [0.15, 0.2) is 5.82 Å². The minimum absolute atomic E-state index is 0.316. The van der Waals surface area contributed by atoms with Gasteiger partial charge in [0.05, 0.1) is 5.70 Å². The van der Waals surface area contributed by atoms with E-state index in [0.29, 0.717) is 11.5 Å².